The molecule has 0 saturated carbocycles. The normalized spacial score (nSPS) is 10.5. The number of hydrogen-bond acceptors (Lipinski definition) is 5. The zero-order valence-corrected chi connectivity index (χ0v) is 11.1. The lowest BCUT2D eigenvalue weighted by molar-refractivity contribution is 0.689. The second kappa shape index (κ2) is 7.93. The Morgan fingerprint density at radius 1 is 1.27 bits per heavy atom. The average molecular weight is 245 g/mol. The average Bonchev–Trinajstić information content (AvgIpc) is 2.63. The predicted octanol–water partition coefficient (Wildman–Crippen LogP) is 3.18. The number of nitrogens with one attached hydrogen (secondary N) is 1. The first-order valence-electron chi connectivity index (χ1n) is 5.36. The van der Waals surface area contributed by atoms with Gasteiger partial charge in [0.05, 0.1) is 0 Å². The molecular weight excluding hydrogens is 226 g/mol. The van der Waals surface area contributed by atoms with E-state index in [0.29, 0.717) is 0 Å². The third kappa shape index (κ3) is 5.99. The number of hydrogen-bond donors (Lipinski definition) is 1. The van der Waals surface area contributed by atoms with Crippen molar-refractivity contribution in [2.45, 2.75) is 32.6 Å². The summed E-state index contributed by atoms with van der Waals surface area (Å²) in [6.45, 7) is 2.94. The highest BCUT2D eigenvalue weighted by atomic mass is 32.2. The molecule has 1 N–H and O–H groups in total. The van der Waals surface area contributed by atoms with E-state index >= 15 is 0 Å². The van der Waals surface area contributed by atoms with Crippen LogP contribution in [0, 0.1) is 6.92 Å². The van der Waals surface area contributed by atoms with Crippen molar-refractivity contribution in [2.24, 2.45) is 0 Å². The van der Waals surface area contributed by atoms with Crippen LogP contribution in [-0.2, 0) is 0 Å². The van der Waals surface area contributed by atoms with E-state index < -0.39 is 0 Å². The van der Waals surface area contributed by atoms with Gasteiger partial charge in [-0.25, -0.2) is 4.98 Å². The molecule has 0 aliphatic rings. The molecule has 0 spiro atoms. The second-order valence-corrected chi connectivity index (χ2v) is 5.22. The summed E-state index contributed by atoms with van der Waals surface area (Å²) in [5.41, 5.74) is 0. The molecule has 3 nitrogen and oxygen atoms in total. The summed E-state index contributed by atoms with van der Waals surface area (Å²) in [6, 6.07) is 0. The lowest BCUT2D eigenvalue weighted by atomic mass is 10.2. The fraction of sp³-hybridized carbons (Fsp3) is 0.800. The maximum absolute atomic E-state index is 4.25. The third-order valence-corrected chi connectivity index (χ3v) is 3.54. The van der Waals surface area contributed by atoms with E-state index in [0.717, 1.165) is 17.5 Å². The predicted molar refractivity (Wildman–Crippen MR) is 70.0 cm³/mol. The van der Waals surface area contributed by atoms with Crippen LogP contribution >= 0.6 is 23.3 Å². The molecule has 0 atom stereocenters. The van der Waals surface area contributed by atoms with E-state index in [1.54, 1.807) is 0 Å². The molecule has 5 heteroatoms. The van der Waals surface area contributed by atoms with Gasteiger partial charge in [-0.05, 0) is 31.8 Å². The van der Waals surface area contributed by atoms with Gasteiger partial charge in [-0.2, -0.15) is 16.1 Å². The van der Waals surface area contributed by atoms with Gasteiger partial charge in [0.1, 0.15) is 5.82 Å². The van der Waals surface area contributed by atoms with E-state index in [2.05, 4.69) is 20.9 Å². The van der Waals surface area contributed by atoms with Gasteiger partial charge in [0.15, 0.2) is 0 Å². The summed E-state index contributed by atoms with van der Waals surface area (Å²) in [6.07, 6.45) is 7.40. The minimum atomic E-state index is 0.863. The second-order valence-electron chi connectivity index (χ2n) is 3.48. The SMILES string of the molecule is CSCCCCCCNc1nc(C)ns1. The first-order valence-corrected chi connectivity index (χ1v) is 7.53. The van der Waals surface area contributed by atoms with E-state index in [1.807, 2.05) is 18.7 Å². The monoisotopic (exact) mass is 245 g/mol. The molecule has 1 rings (SSSR count). The molecule has 0 aromatic carbocycles. The van der Waals surface area contributed by atoms with Crippen molar-refractivity contribution in [1.29, 1.82) is 0 Å². The van der Waals surface area contributed by atoms with Crippen molar-refractivity contribution < 1.29 is 0 Å². The van der Waals surface area contributed by atoms with Crippen LogP contribution in [0.1, 0.15) is 31.5 Å². The topological polar surface area (TPSA) is 37.8 Å². The zero-order chi connectivity index (χ0) is 10.9. The number of aromatic nitrogens is 2. The van der Waals surface area contributed by atoms with Crippen LogP contribution in [0.3, 0.4) is 0 Å². The van der Waals surface area contributed by atoms with Gasteiger partial charge < -0.3 is 5.32 Å². The highest BCUT2D eigenvalue weighted by Crippen LogP contribution is 2.10. The lowest BCUT2D eigenvalue weighted by Crippen LogP contribution is -2.00. The van der Waals surface area contributed by atoms with Gasteiger partial charge >= 0.3 is 0 Å². The molecule has 0 saturated heterocycles. The Hall–Kier alpha value is -0.290. The van der Waals surface area contributed by atoms with Crippen LogP contribution in [0.5, 0.6) is 0 Å². The van der Waals surface area contributed by atoms with Crippen LogP contribution in [0.25, 0.3) is 0 Å². The Balaban J connectivity index is 1.93. The van der Waals surface area contributed by atoms with Crippen LogP contribution in [0.4, 0.5) is 5.13 Å². The Morgan fingerprint density at radius 3 is 2.73 bits per heavy atom. The van der Waals surface area contributed by atoms with Crippen LogP contribution in [-0.4, -0.2) is 27.9 Å². The molecule has 1 aromatic rings. The number of thioether (sulfide) groups is 1. The van der Waals surface area contributed by atoms with Crippen molar-refractivity contribution in [3.8, 4) is 0 Å². The highest BCUT2D eigenvalue weighted by Gasteiger charge is 1.97. The number of rotatable bonds is 8. The summed E-state index contributed by atoms with van der Waals surface area (Å²) in [7, 11) is 0. The Morgan fingerprint density at radius 2 is 2.07 bits per heavy atom. The standard InChI is InChI=1S/C10H19N3S2/c1-9-12-10(15-13-9)11-7-5-3-4-6-8-14-2/h3-8H2,1-2H3,(H,11,12,13). The largest absolute Gasteiger partial charge is 0.360 e. The van der Waals surface area contributed by atoms with Gasteiger partial charge in [0.2, 0.25) is 5.13 Å². The van der Waals surface area contributed by atoms with E-state index in [4.69, 9.17) is 0 Å². The summed E-state index contributed by atoms with van der Waals surface area (Å²) < 4.78 is 4.12. The fourth-order valence-electron chi connectivity index (χ4n) is 1.29. The lowest BCUT2D eigenvalue weighted by Gasteiger charge is -2.01. The molecular formula is C10H19N3S2. The molecule has 0 aliphatic carbocycles. The van der Waals surface area contributed by atoms with E-state index in [9.17, 15) is 0 Å². The number of unbranched alkanes of at least 4 members (excludes halogenated alkanes) is 3. The van der Waals surface area contributed by atoms with Crippen molar-refractivity contribution in [2.75, 3.05) is 23.9 Å². The number of nitrogens with zero attached hydrogens (tertiary/aromatic N) is 2. The minimum Gasteiger partial charge on any atom is -0.360 e. The fourth-order valence-corrected chi connectivity index (χ4v) is 2.38. The molecule has 0 amide bonds. The smallest absolute Gasteiger partial charge is 0.202 e. The van der Waals surface area contributed by atoms with Crippen LogP contribution in [0.15, 0.2) is 0 Å². The maximum Gasteiger partial charge on any atom is 0.202 e. The highest BCUT2D eigenvalue weighted by molar-refractivity contribution is 7.98. The molecule has 1 heterocycles. The maximum atomic E-state index is 4.25. The third-order valence-electron chi connectivity index (χ3n) is 2.08. The zero-order valence-electron chi connectivity index (χ0n) is 9.45. The molecule has 0 fully saturated rings. The molecule has 1 aromatic heterocycles. The summed E-state index contributed by atoms with van der Waals surface area (Å²) in [5.74, 6) is 2.16. The number of aryl methyl sites for hydroxylation is 1. The van der Waals surface area contributed by atoms with Crippen molar-refractivity contribution >= 4 is 28.4 Å². The first kappa shape index (κ1) is 12.8. The summed E-state index contributed by atoms with van der Waals surface area (Å²) >= 11 is 3.38. The van der Waals surface area contributed by atoms with Gasteiger partial charge in [-0.3, -0.25) is 0 Å². The van der Waals surface area contributed by atoms with Gasteiger partial charge in [0, 0.05) is 18.1 Å². The molecule has 0 unspecified atom stereocenters. The summed E-state index contributed by atoms with van der Waals surface area (Å²) in [5, 5.41) is 4.25. The molecule has 0 aliphatic heterocycles. The molecule has 0 radical (unpaired) electrons. The molecule has 86 valence electrons. The van der Waals surface area contributed by atoms with Crippen molar-refractivity contribution in [1.82, 2.24) is 9.36 Å². The Kier molecular flexibility index (Phi) is 6.76. The summed E-state index contributed by atoms with van der Waals surface area (Å²) in [4.78, 5) is 4.25. The number of anilines is 1. The van der Waals surface area contributed by atoms with Gasteiger partial charge in [-0.15, -0.1) is 0 Å². The molecule has 0 bridgehead atoms. The van der Waals surface area contributed by atoms with Gasteiger partial charge in [-0.1, -0.05) is 12.8 Å². The van der Waals surface area contributed by atoms with Crippen LogP contribution < -0.4 is 5.32 Å². The minimum absolute atomic E-state index is 0.863. The molecule has 15 heavy (non-hydrogen) atoms. The van der Waals surface area contributed by atoms with Gasteiger partial charge in [0.25, 0.3) is 0 Å². The quantitative estimate of drug-likeness (QED) is 0.714. The van der Waals surface area contributed by atoms with Crippen LogP contribution in [0.2, 0.25) is 0 Å². The Labute approximate surface area is 100 Å². The first-order chi connectivity index (χ1) is 7.33. The van der Waals surface area contributed by atoms with Crippen molar-refractivity contribution in [3.63, 3.8) is 0 Å². The van der Waals surface area contributed by atoms with Crippen molar-refractivity contribution in [3.05, 3.63) is 5.82 Å². The van der Waals surface area contributed by atoms with E-state index in [1.165, 1.54) is 43.0 Å². The Bertz CT molecular complexity index is 263. The van der Waals surface area contributed by atoms with E-state index in [-0.39, 0.29) is 0 Å².